The highest BCUT2D eigenvalue weighted by Gasteiger charge is 2.15. The van der Waals surface area contributed by atoms with Crippen molar-refractivity contribution in [2.45, 2.75) is 25.7 Å². The third-order valence-corrected chi connectivity index (χ3v) is 3.17. The van der Waals surface area contributed by atoms with E-state index in [2.05, 4.69) is 17.2 Å². The zero-order chi connectivity index (χ0) is 16.5. The molecule has 2 aromatic carbocycles. The fourth-order valence-corrected chi connectivity index (χ4v) is 1.83. The third kappa shape index (κ3) is 5.85. The van der Waals surface area contributed by atoms with Crippen LogP contribution in [0.3, 0.4) is 0 Å². The van der Waals surface area contributed by atoms with Crippen molar-refractivity contribution in [3.05, 3.63) is 71.8 Å². The molecule has 0 aliphatic heterocycles. The molecule has 2 N–H and O–H groups in total. The van der Waals surface area contributed by atoms with Gasteiger partial charge in [0.1, 0.15) is 12.7 Å². The van der Waals surface area contributed by atoms with Crippen LogP contribution in [0.2, 0.25) is 0 Å². The minimum absolute atomic E-state index is 0.186. The summed E-state index contributed by atoms with van der Waals surface area (Å²) in [5.41, 5.74) is 1.71. The number of hydrogen-bond donors (Lipinski definition) is 2. The van der Waals surface area contributed by atoms with Crippen molar-refractivity contribution >= 4 is 6.09 Å². The summed E-state index contributed by atoms with van der Waals surface area (Å²) in [6.45, 7) is 1.86. The van der Waals surface area contributed by atoms with E-state index in [0.717, 1.165) is 11.1 Å². The summed E-state index contributed by atoms with van der Waals surface area (Å²) in [7, 11) is 0. The Morgan fingerprint density at radius 1 is 1.13 bits per heavy atom. The number of carbonyl (C=O) groups is 1. The molecule has 0 saturated carbocycles. The van der Waals surface area contributed by atoms with Gasteiger partial charge >= 0.3 is 6.09 Å². The van der Waals surface area contributed by atoms with E-state index in [9.17, 15) is 9.90 Å². The van der Waals surface area contributed by atoms with Crippen molar-refractivity contribution in [3.63, 3.8) is 0 Å². The molecule has 0 aromatic heterocycles. The number of carbonyl (C=O) groups excluding carboxylic acids is 1. The molecular weight excluding hydrogens is 290 g/mol. The normalized spacial score (nSPS) is 12.4. The second-order valence-corrected chi connectivity index (χ2v) is 5.07. The Labute approximate surface area is 136 Å². The number of ether oxygens (including phenoxy) is 1. The maximum Gasteiger partial charge on any atom is 0.407 e. The number of rotatable bonds is 4. The van der Waals surface area contributed by atoms with Gasteiger partial charge in [0.15, 0.2) is 0 Å². The van der Waals surface area contributed by atoms with E-state index >= 15 is 0 Å². The number of aliphatic hydroxyl groups excluding tert-OH is 1. The molecule has 2 atom stereocenters. The maximum atomic E-state index is 11.7. The first-order chi connectivity index (χ1) is 11.1. The summed E-state index contributed by atoms with van der Waals surface area (Å²) in [6.07, 6.45) is -1.55. The Kier molecular flexibility index (Phi) is 6.22. The predicted molar refractivity (Wildman–Crippen MR) is 88.6 cm³/mol. The molecule has 118 valence electrons. The fraction of sp³-hybridized carbons (Fsp3) is 0.211. The summed E-state index contributed by atoms with van der Waals surface area (Å²) in [6, 6.07) is 18.2. The molecule has 0 bridgehead atoms. The first-order valence-corrected chi connectivity index (χ1v) is 7.37. The van der Waals surface area contributed by atoms with Crippen molar-refractivity contribution in [3.8, 4) is 11.8 Å². The number of nitrogens with one attached hydrogen (secondary N) is 1. The Balaban J connectivity index is 1.80. The number of hydrogen-bond acceptors (Lipinski definition) is 3. The van der Waals surface area contributed by atoms with Gasteiger partial charge in [-0.1, -0.05) is 60.4 Å². The van der Waals surface area contributed by atoms with Crippen molar-refractivity contribution < 1.29 is 14.6 Å². The Morgan fingerprint density at radius 2 is 1.74 bits per heavy atom. The third-order valence-electron chi connectivity index (χ3n) is 3.17. The molecule has 4 nitrogen and oxygen atoms in total. The van der Waals surface area contributed by atoms with Crippen LogP contribution < -0.4 is 5.32 Å². The van der Waals surface area contributed by atoms with Crippen LogP contribution in [0, 0.1) is 11.8 Å². The lowest BCUT2D eigenvalue weighted by Crippen LogP contribution is -2.40. The van der Waals surface area contributed by atoms with Crippen LogP contribution in [0.25, 0.3) is 0 Å². The molecule has 0 saturated heterocycles. The summed E-state index contributed by atoms with van der Waals surface area (Å²) >= 11 is 0. The number of alkyl carbamates (subject to hydrolysis) is 1. The first kappa shape index (κ1) is 16.6. The highest BCUT2D eigenvalue weighted by atomic mass is 16.5. The maximum absolute atomic E-state index is 11.7. The van der Waals surface area contributed by atoms with E-state index in [1.165, 1.54) is 0 Å². The first-order valence-electron chi connectivity index (χ1n) is 7.37. The predicted octanol–water partition coefficient (Wildman–Crippen LogP) is 2.71. The highest BCUT2D eigenvalue weighted by molar-refractivity contribution is 5.67. The minimum atomic E-state index is -0.973. The number of aliphatic hydroxyl groups is 1. The molecule has 2 rings (SSSR count). The van der Waals surface area contributed by atoms with Crippen LogP contribution in [-0.4, -0.2) is 23.3 Å². The van der Waals surface area contributed by atoms with Gasteiger partial charge in [-0.05, 0) is 24.6 Å². The van der Waals surface area contributed by atoms with Crippen LogP contribution in [0.15, 0.2) is 60.7 Å². The lowest BCUT2D eigenvalue weighted by molar-refractivity contribution is 0.123. The summed E-state index contributed by atoms with van der Waals surface area (Å²) < 4.78 is 5.10. The molecule has 23 heavy (non-hydrogen) atoms. The number of amides is 1. The van der Waals surface area contributed by atoms with E-state index in [4.69, 9.17) is 4.74 Å². The van der Waals surface area contributed by atoms with Gasteiger partial charge in [-0.2, -0.15) is 0 Å². The molecule has 4 heteroatoms. The van der Waals surface area contributed by atoms with E-state index in [1.54, 1.807) is 6.92 Å². The van der Waals surface area contributed by atoms with Gasteiger partial charge < -0.3 is 15.2 Å². The zero-order valence-electron chi connectivity index (χ0n) is 12.9. The van der Waals surface area contributed by atoms with Crippen LogP contribution in [0.4, 0.5) is 4.79 Å². The number of benzene rings is 2. The molecular formula is C19H19NO3. The summed E-state index contributed by atoms with van der Waals surface area (Å²) in [5, 5.41) is 12.5. The van der Waals surface area contributed by atoms with Crippen LogP contribution in [0.1, 0.15) is 18.1 Å². The van der Waals surface area contributed by atoms with Crippen LogP contribution >= 0.6 is 0 Å². The average molecular weight is 309 g/mol. The Hall–Kier alpha value is -2.77. The van der Waals surface area contributed by atoms with Gasteiger partial charge in [0.25, 0.3) is 0 Å². The largest absolute Gasteiger partial charge is 0.445 e. The molecule has 0 spiro atoms. The van der Waals surface area contributed by atoms with Crippen molar-refractivity contribution in [2.24, 2.45) is 0 Å². The van der Waals surface area contributed by atoms with E-state index in [0.29, 0.717) is 0 Å². The molecule has 0 fully saturated rings. The van der Waals surface area contributed by atoms with Gasteiger partial charge in [0.05, 0.1) is 6.04 Å². The van der Waals surface area contributed by atoms with Gasteiger partial charge in [0.2, 0.25) is 0 Å². The SMILES string of the molecule is C[C@H](NC(=O)OCc1ccccc1)[C@@H](O)C#Cc1ccccc1. The smallest absolute Gasteiger partial charge is 0.407 e. The van der Waals surface area contributed by atoms with Gasteiger partial charge in [0, 0.05) is 5.56 Å². The molecule has 0 radical (unpaired) electrons. The van der Waals surface area contributed by atoms with Crippen LogP contribution in [-0.2, 0) is 11.3 Å². The van der Waals surface area contributed by atoms with E-state index in [1.807, 2.05) is 60.7 Å². The monoisotopic (exact) mass is 309 g/mol. The lowest BCUT2D eigenvalue weighted by atomic mass is 10.1. The standard InChI is InChI=1S/C19H19NO3/c1-15(18(21)13-12-16-8-4-2-5-9-16)20-19(22)23-14-17-10-6-3-7-11-17/h2-11,15,18,21H,14H2,1H3,(H,20,22)/t15-,18-/m0/s1. The fourth-order valence-electron chi connectivity index (χ4n) is 1.83. The Bertz CT molecular complexity index is 674. The van der Waals surface area contributed by atoms with Gasteiger partial charge in [-0.3, -0.25) is 0 Å². The zero-order valence-corrected chi connectivity index (χ0v) is 12.9. The molecule has 0 heterocycles. The summed E-state index contributed by atoms with van der Waals surface area (Å²) in [5.74, 6) is 5.58. The molecule has 0 unspecified atom stereocenters. The molecule has 0 aliphatic rings. The summed E-state index contributed by atoms with van der Waals surface area (Å²) in [4.78, 5) is 11.7. The molecule has 0 aliphatic carbocycles. The second kappa shape index (κ2) is 8.62. The van der Waals surface area contributed by atoms with Gasteiger partial charge in [-0.15, -0.1) is 0 Å². The van der Waals surface area contributed by atoms with Gasteiger partial charge in [-0.25, -0.2) is 4.79 Å². The minimum Gasteiger partial charge on any atom is -0.445 e. The second-order valence-electron chi connectivity index (χ2n) is 5.07. The van der Waals surface area contributed by atoms with Crippen molar-refractivity contribution in [2.75, 3.05) is 0 Å². The quantitative estimate of drug-likeness (QED) is 0.854. The van der Waals surface area contributed by atoms with Crippen LogP contribution in [0.5, 0.6) is 0 Å². The molecule has 1 amide bonds. The van der Waals surface area contributed by atoms with Crippen molar-refractivity contribution in [1.82, 2.24) is 5.32 Å². The van der Waals surface area contributed by atoms with E-state index in [-0.39, 0.29) is 6.61 Å². The molecule has 2 aromatic rings. The van der Waals surface area contributed by atoms with Crippen molar-refractivity contribution in [1.29, 1.82) is 0 Å². The van der Waals surface area contributed by atoms with E-state index < -0.39 is 18.2 Å². The lowest BCUT2D eigenvalue weighted by Gasteiger charge is -2.15. The average Bonchev–Trinajstić information content (AvgIpc) is 2.59. The Morgan fingerprint density at radius 3 is 2.39 bits per heavy atom. The highest BCUT2D eigenvalue weighted by Crippen LogP contribution is 2.01. The topological polar surface area (TPSA) is 58.6 Å².